The number of anilines is 2. The van der Waals surface area contributed by atoms with Crippen molar-refractivity contribution in [1.29, 1.82) is 0 Å². The molecule has 0 heterocycles. The Bertz CT molecular complexity index is 882. The van der Waals surface area contributed by atoms with Crippen LogP contribution in [-0.2, 0) is 14.3 Å². The number of benzene rings is 2. The van der Waals surface area contributed by atoms with E-state index in [1.165, 1.54) is 6.08 Å². The molecule has 144 valence electrons. The molecule has 3 rings (SSSR count). The molecule has 28 heavy (non-hydrogen) atoms. The minimum atomic E-state index is -0.392. The Balaban J connectivity index is 1.55. The molecule has 2 aromatic rings. The van der Waals surface area contributed by atoms with E-state index in [1.807, 2.05) is 0 Å². The average molecular weight is 378 g/mol. The van der Waals surface area contributed by atoms with Crippen LogP contribution in [0.4, 0.5) is 11.4 Å². The number of carbonyl (C=O) groups is 3. The Labute approximate surface area is 163 Å². The zero-order valence-electron chi connectivity index (χ0n) is 15.6. The van der Waals surface area contributed by atoms with Crippen molar-refractivity contribution in [3.63, 3.8) is 0 Å². The van der Waals surface area contributed by atoms with Gasteiger partial charge >= 0.3 is 5.97 Å². The standard InChI is InChI=1S/C22H22N2O4/c1-2-28-20(25)14-5-15-3-10-18(11-4-15)23-22(27)17-8-12-19(13-9-17)24-21(26)16-6-7-16/h3-5,8-14,16H,2,6-7H2,1H3,(H,23,27)(H,24,26)/b14-5+. The van der Waals surface area contributed by atoms with Gasteiger partial charge in [0.15, 0.2) is 0 Å². The fourth-order valence-electron chi connectivity index (χ4n) is 2.53. The van der Waals surface area contributed by atoms with Crippen molar-refractivity contribution < 1.29 is 19.1 Å². The van der Waals surface area contributed by atoms with Crippen molar-refractivity contribution in [3.05, 3.63) is 65.7 Å². The van der Waals surface area contributed by atoms with Crippen LogP contribution in [0.15, 0.2) is 54.6 Å². The van der Waals surface area contributed by atoms with Crippen LogP contribution in [0.3, 0.4) is 0 Å². The minimum absolute atomic E-state index is 0.0364. The van der Waals surface area contributed by atoms with Crippen LogP contribution >= 0.6 is 0 Å². The zero-order chi connectivity index (χ0) is 19.9. The molecule has 0 saturated heterocycles. The maximum absolute atomic E-state index is 12.4. The number of ether oxygens (including phenoxy) is 1. The van der Waals surface area contributed by atoms with Gasteiger partial charge in [0.1, 0.15) is 0 Å². The summed E-state index contributed by atoms with van der Waals surface area (Å²) in [5.74, 6) is -0.459. The summed E-state index contributed by atoms with van der Waals surface area (Å²) in [7, 11) is 0. The SMILES string of the molecule is CCOC(=O)/C=C/c1ccc(NC(=O)c2ccc(NC(=O)C3CC3)cc2)cc1. The van der Waals surface area contributed by atoms with Crippen molar-refractivity contribution in [2.75, 3.05) is 17.2 Å². The molecular weight excluding hydrogens is 356 g/mol. The maximum atomic E-state index is 12.4. The first kappa shape index (κ1) is 19.4. The molecule has 0 spiro atoms. The Morgan fingerprint density at radius 3 is 2.18 bits per heavy atom. The summed E-state index contributed by atoms with van der Waals surface area (Å²) in [6, 6.07) is 13.9. The lowest BCUT2D eigenvalue weighted by atomic mass is 10.1. The Morgan fingerprint density at radius 2 is 1.57 bits per heavy atom. The van der Waals surface area contributed by atoms with E-state index in [0.29, 0.717) is 23.5 Å². The normalized spacial score (nSPS) is 13.2. The summed E-state index contributed by atoms with van der Waals surface area (Å²) in [5.41, 5.74) is 2.65. The van der Waals surface area contributed by atoms with E-state index in [1.54, 1.807) is 61.5 Å². The van der Waals surface area contributed by atoms with E-state index in [4.69, 9.17) is 4.74 Å². The summed E-state index contributed by atoms with van der Waals surface area (Å²) in [5, 5.41) is 5.66. The third kappa shape index (κ3) is 5.54. The number of carbonyl (C=O) groups excluding carboxylic acids is 3. The highest BCUT2D eigenvalue weighted by Gasteiger charge is 2.29. The molecule has 2 aromatic carbocycles. The predicted octanol–water partition coefficient (Wildman–Crippen LogP) is 3.86. The van der Waals surface area contributed by atoms with Crippen LogP contribution in [0.1, 0.15) is 35.7 Å². The smallest absolute Gasteiger partial charge is 0.330 e. The van der Waals surface area contributed by atoms with E-state index in [9.17, 15) is 14.4 Å². The van der Waals surface area contributed by atoms with Gasteiger partial charge in [0.2, 0.25) is 5.91 Å². The fraction of sp³-hybridized carbons (Fsp3) is 0.227. The summed E-state index contributed by atoms with van der Waals surface area (Å²) >= 11 is 0. The topological polar surface area (TPSA) is 84.5 Å². The van der Waals surface area contributed by atoms with Crippen LogP contribution in [0.25, 0.3) is 6.08 Å². The van der Waals surface area contributed by atoms with Gasteiger partial charge in [-0.1, -0.05) is 12.1 Å². The summed E-state index contributed by atoms with van der Waals surface area (Å²) in [6.45, 7) is 2.09. The van der Waals surface area contributed by atoms with Gasteiger partial charge in [-0.2, -0.15) is 0 Å². The Hall–Kier alpha value is -3.41. The van der Waals surface area contributed by atoms with Gasteiger partial charge in [0, 0.05) is 28.9 Å². The minimum Gasteiger partial charge on any atom is -0.463 e. The first-order valence-electron chi connectivity index (χ1n) is 9.22. The van der Waals surface area contributed by atoms with E-state index in [-0.39, 0.29) is 17.7 Å². The number of esters is 1. The number of hydrogen-bond acceptors (Lipinski definition) is 4. The largest absolute Gasteiger partial charge is 0.463 e. The summed E-state index contributed by atoms with van der Waals surface area (Å²) in [4.78, 5) is 35.4. The highest BCUT2D eigenvalue weighted by molar-refractivity contribution is 6.04. The molecule has 6 heteroatoms. The zero-order valence-corrected chi connectivity index (χ0v) is 15.6. The second-order valence-corrected chi connectivity index (χ2v) is 6.50. The van der Waals surface area contributed by atoms with E-state index >= 15 is 0 Å². The lowest BCUT2D eigenvalue weighted by Gasteiger charge is -2.08. The van der Waals surface area contributed by atoms with Gasteiger partial charge in [0.25, 0.3) is 5.91 Å². The molecular formula is C22H22N2O4. The van der Waals surface area contributed by atoms with Gasteiger partial charge in [0.05, 0.1) is 6.61 Å². The third-order valence-electron chi connectivity index (χ3n) is 4.23. The van der Waals surface area contributed by atoms with Crippen LogP contribution in [-0.4, -0.2) is 24.4 Å². The second-order valence-electron chi connectivity index (χ2n) is 6.50. The monoisotopic (exact) mass is 378 g/mol. The van der Waals surface area contributed by atoms with E-state index in [0.717, 1.165) is 18.4 Å². The van der Waals surface area contributed by atoms with Crippen LogP contribution in [0, 0.1) is 5.92 Å². The highest BCUT2D eigenvalue weighted by atomic mass is 16.5. The summed E-state index contributed by atoms with van der Waals surface area (Å²) < 4.78 is 4.83. The summed E-state index contributed by atoms with van der Waals surface area (Å²) in [6.07, 6.45) is 4.91. The van der Waals surface area contributed by atoms with E-state index in [2.05, 4.69) is 10.6 Å². The molecule has 2 N–H and O–H groups in total. The molecule has 6 nitrogen and oxygen atoms in total. The number of amides is 2. The first-order chi connectivity index (χ1) is 13.5. The van der Waals surface area contributed by atoms with Crippen molar-refractivity contribution >= 4 is 35.2 Å². The molecule has 0 aromatic heterocycles. The predicted molar refractivity (Wildman–Crippen MR) is 108 cm³/mol. The van der Waals surface area contributed by atoms with Crippen molar-refractivity contribution in [3.8, 4) is 0 Å². The molecule has 0 unspecified atom stereocenters. The van der Waals surface area contributed by atoms with Crippen LogP contribution in [0.5, 0.6) is 0 Å². The van der Waals surface area contributed by atoms with Gasteiger partial charge in [-0.3, -0.25) is 9.59 Å². The van der Waals surface area contributed by atoms with Crippen LogP contribution < -0.4 is 10.6 Å². The number of nitrogens with one attached hydrogen (secondary N) is 2. The molecule has 2 amide bonds. The van der Waals surface area contributed by atoms with Gasteiger partial charge in [-0.15, -0.1) is 0 Å². The molecule has 1 aliphatic carbocycles. The third-order valence-corrected chi connectivity index (χ3v) is 4.23. The van der Waals surface area contributed by atoms with E-state index < -0.39 is 5.97 Å². The molecule has 0 bridgehead atoms. The fourth-order valence-corrected chi connectivity index (χ4v) is 2.53. The quantitative estimate of drug-likeness (QED) is 0.566. The number of hydrogen-bond donors (Lipinski definition) is 2. The van der Waals surface area contributed by atoms with Gasteiger partial charge in [-0.25, -0.2) is 4.79 Å². The molecule has 0 atom stereocenters. The Morgan fingerprint density at radius 1 is 0.964 bits per heavy atom. The average Bonchev–Trinajstić information content (AvgIpc) is 3.54. The maximum Gasteiger partial charge on any atom is 0.330 e. The van der Waals surface area contributed by atoms with Gasteiger partial charge < -0.3 is 15.4 Å². The van der Waals surface area contributed by atoms with Crippen molar-refractivity contribution in [2.24, 2.45) is 5.92 Å². The van der Waals surface area contributed by atoms with Gasteiger partial charge in [-0.05, 0) is 67.8 Å². The molecule has 1 fully saturated rings. The molecule has 1 aliphatic rings. The van der Waals surface area contributed by atoms with Crippen LogP contribution in [0.2, 0.25) is 0 Å². The first-order valence-corrected chi connectivity index (χ1v) is 9.22. The van der Waals surface area contributed by atoms with Crippen molar-refractivity contribution in [1.82, 2.24) is 0 Å². The lowest BCUT2D eigenvalue weighted by Crippen LogP contribution is -2.14. The lowest BCUT2D eigenvalue weighted by molar-refractivity contribution is -0.137. The highest BCUT2D eigenvalue weighted by Crippen LogP contribution is 2.30. The molecule has 0 aliphatic heterocycles. The molecule has 0 radical (unpaired) electrons. The second kappa shape index (κ2) is 8.99. The van der Waals surface area contributed by atoms with Crippen molar-refractivity contribution in [2.45, 2.75) is 19.8 Å². The Kier molecular flexibility index (Phi) is 6.22. The number of rotatable bonds is 7. The molecule has 1 saturated carbocycles.